The molecule has 0 N–H and O–H groups in total. The van der Waals surface area contributed by atoms with Gasteiger partial charge in [0.15, 0.2) is 0 Å². The molecule has 0 amide bonds. The maximum atomic E-state index is 5.35. The molecule has 0 radical (unpaired) electrons. The summed E-state index contributed by atoms with van der Waals surface area (Å²) in [5.41, 5.74) is 0. The molecule has 0 aromatic rings. The molecule has 2 bridgehead atoms. The Kier molecular flexibility index (Phi) is 1.64. The van der Waals surface area contributed by atoms with Crippen molar-refractivity contribution >= 4 is 0 Å². The highest BCUT2D eigenvalue weighted by molar-refractivity contribution is 4.85. The molecule has 0 atom stereocenters. The number of morpholine rings is 2. The van der Waals surface area contributed by atoms with E-state index in [1.54, 1.807) is 0 Å². The third kappa shape index (κ3) is 0.944. The quantitative estimate of drug-likeness (QED) is 0.440. The third-order valence-corrected chi connectivity index (χ3v) is 2.18. The van der Waals surface area contributed by atoms with E-state index in [0.717, 1.165) is 26.4 Å². The predicted octanol–water partition coefficient (Wildman–Crippen LogP) is -0.122. The fourth-order valence-electron chi connectivity index (χ4n) is 1.46. The summed E-state index contributed by atoms with van der Waals surface area (Å²) in [6.07, 6.45) is 0. The van der Waals surface area contributed by atoms with Crippen molar-refractivity contribution in [2.45, 2.75) is 12.1 Å². The first-order valence-electron chi connectivity index (χ1n) is 3.62. The van der Waals surface area contributed by atoms with E-state index in [2.05, 4.69) is 11.9 Å². The van der Waals surface area contributed by atoms with E-state index in [0.29, 0.717) is 12.1 Å². The minimum Gasteiger partial charge on any atom is -0.446 e. The molecule has 2 saturated heterocycles. The van der Waals surface area contributed by atoms with Crippen LogP contribution in [0.5, 0.6) is 0 Å². The first-order chi connectivity index (χ1) is 4.88. The molecule has 2 aliphatic rings. The van der Waals surface area contributed by atoms with Crippen molar-refractivity contribution in [1.29, 1.82) is 0 Å². The Morgan fingerprint density at radius 3 is 1.70 bits per heavy atom. The highest BCUT2D eigenvalue weighted by atomic mass is 16.5. The Balaban J connectivity index is 2.05. The van der Waals surface area contributed by atoms with Gasteiger partial charge in [0.25, 0.3) is 0 Å². The van der Waals surface area contributed by atoms with Gasteiger partial charge in [-0.3, -0.25) is 7.05 Å². The molecule has 0 spiro atoms. The minimum absolute atomic E-state index is 0.396. The molecule has 2 rings (SSSR count). The summed E-state index contributed by atoms with van der Waals surface area (Å²) < 4.78 is 10.7. The number of hydrogen-bond acceptors (Lipinski definition) is 3. The van der Waals surface area contributed by atoms with Gasteiger partial charge in [0.1, 0.15) is 0 Å². The van der Waals surface area contributed by atoms with Gasteiger partial charge >= 0.3 is 0 Å². The predicted molar refractivity (Wildman–Crippen MR) is 36.4 cm³/mol. The van der Waals surface area contributed by atoms with E-state index in [1.165, 1.54) is 0 Å². The molecule has 10 heavy (non-hydrogen) atoms. The second-order valence-electron chi connectivity index (χ2n) is 2.90. The van der Waals surface area contributed by atoms with Crippen LogP contribution in [0.3, 0.4) is 0 Å². The fraction of sp³-hybridized carbons (Fsp3) is 0.857. The molecule has 2 aliphatic heterocycles. The maximum absolute atomic E-state index is 5.35. The van der Waals surface area contributed by atoms with Gasteiger partial charge in [0, 0.05) is 12.1 Å². The van der Waals surface area contributed by atoms with Gasteiger partial charge in [-0.15, -0.1) is 0 Å². The molecule has 2 fully saturated rings. The Morgan fingerprint density at radius 1 is 1.00 bits per heavy atom. The van der Waals surface area contributed by atoms with E-state index in [-0.39, 0.29) is 0 Å². The molecule has 3 heteroatoms. The summed E-state index contributed by atoms with van der Waals surface area (Å²) in [5, 5.41) is 0. The van der Waals surface area contributed by atoms with Gasteiger partial charge in [0.2, 0.25) is 0 Å². The van der Waals surface area contributed by atoms with Crippen molar-refractivity contribution in [3.8, 4) is 0 Å². The topological polar surface area (TPSA) is 21.7 Å². The highest BCUT2D eigenvalue weighted by Gasteiger charge is 2.27. The van der Waals surface area contributed by atoms with Crippen molar-refractivity contribution in [1.82, 2.24) is 4.90 Å². The largest absolute Gasteiger partial charge is 0.446 e. The van der Waals surface area contributed by atoms with Crippen LogP contribution in [0.1, 0.15) is 0 Å². The Labute approximate surface area is 60.9 Å². The second kappa shape index (κ2) is 2.49. The van der Waals surface area contributed by atoms with Gasteiger partial charge in [-0.25, -0.2) is 0 Å². The van der Waals surface area contributed by atoms with Crippen LogP contribution in [0.2, 0.25) is 0 Å². The molecule has 0 aromatic heterocycles. The molecule has 0 unspecified atom stereocenters. The van der Waals surface area contributed by atoms with Crippen molar-refractivity contribution in [3.63, 3.8) is 0 Å². The lowest BCUT2D eigenvalue weighted by molar-refractivity contribution is -0.119. The smallest absolute Gasteiger partial charge is 0.0621 e. The molecule has 2 heterocycles. The lowest BCUT2D eigenvalue weighted by atomic mass is 10.1. The summed E-state index contributed by atoms with van der Waals surface area (Å²) in [6, 6.07) is 0.792. The molecule has 0 aromatic carbocycles. The van der Waals surface area contributed by atoms with Crippen molar-refractivity contribution < 1.29 is 9.47 Å². The fourth-order valence-corrected chi connectivity index (χ4v) is 1.46. The first kappa shape index (κ1) is 6.58. The molecule has 3 nitrogen and oxygen atoms in total. The lowest BCUT2D eigenvalue weighted by Gasteiger charge is -2.48. The van der Waals surface area contributed by atoms with Crippen LogP contribution in [-0.2, 0) is 9.47 Å². The van der Waals surface area contributed by atoms with Crippen molar-refractivity contribution in [2.75, 3.05) is 26.4 Å². The van der Waals surface area contributed by atoms with Crippen LogP contribution in [0, 0.1) is 7.05 Å². The zero-order valence-electron chi connectivity index (χ0n) is 5.95. The van der Waals surface area contributed by atoms with Gasteiger partial charge in [-0.05, 0) is 0 Å². The van der Waals surface area contributed by atoms with Crippen LogP contribution in [0.4, 0.5) is 0 Å². The normalized spacial score (nSPS) is 41.7. The summed E-state index contributed by atoms with van der Waals surface area (Å²) in [4.78, 5) is 2.12. The highest BCUT2D eigenvalue weighted by Crippen LogP contribution is 2.17. The number of fused-ring (bicyclic) bond motifs is 2. The second-order valence-corrected chi connectivity index (χ2v) is 2.90. The lowest BCUT2D eigenvalue weighted by Crippen LogP contribution is -2.56. The van der Waals surface area contributed by atoms with Gasteiger partial charge in [0.05, 0.1) is 26.4 Å². The number of nitrogens with zero attached hydrogens (tertiary/aromatic N) is 1. The summed E-state index contributed by atoms with van der Waals surface area (Å²) in [6.45, 7) is 3.11. The number of hydrogen-bond donors (Lipinski definition) is 0. The molecule has 0 saturated carbocycles. The molecule has 58 valence electrons. The van der Waals surface area contributed by atoms with Crippen molar-refractivity contribution in [2.24, 2.45) is 0 Å². The molecule has 0 aliphatic carbocycles. The maximum Gasteiger partial charge on any atom is 0.0621 e. The Bertz CT molecular complexity index is 107. The minimum atomic E-state index is 0.396. The van der Waals surface area contributed by atoms with Gasteiger partial charge in [-0.1, -0.05) is 0 Å². The third-order valence-electron chi connectivity index (χ3n) is 2.18. The van der Waals surface area contributed by atoms with E-state index in [1.807, 2.05) is 0 Å². The van der Waals surface area contributed by atoms with Crippen molar-refractivity contribution in [3.05, 3.63) is 7.05 Å². The number of rotatable bonds is 0. The first-order valence-corrected chi connectivity index (χ1v) is 3.62. The van der Waals surface area contributed by atoms with Crippen LogP contribution < -0.4 is 0 Å². The average molecular weight is 142 g/mol. The van der Waals surface area contributed by atoms with Crippen LogP contribution >= 0.6 is 0 Å². The summed E-state index contributed by atoms with van der Waals surface area (Å²) in [7, 11) is 3.96. The average Bonchev–Trinajstić information content (AvgIpc) is 1.86. The standard InChI is InChI=1S/C7H12NO2/c1-8-6-2-9-4-7(8)5-10-3-6/h6-7H,1-5H2/q-1. The molecular formula is C7H12NO2-. The van der Waals surface area contributed by atoms with E-state index < -0.39 is 0 Å². The number of ether oxygens (including phenoxy) is 2. The monoisotopic (exact) mass is 142 g/mol. The van der Waals surface area contributed by atoms with Gasteiger partial charge < -0.3 is 14.4 Å². The zero-order valence-corrected chi connectivity index (χ0v) is 5.95. The zero-order chi connectivity index (χ0) is 6.97. The van der Waals surface area contributed by atoms with Gasteiger partial charge in [-0.2, -0.15) is 0 Å². The summed E-state index contributed by atoms with van der Waals surface area (Å²) in [5.74, 6) is 0. The van der Waals surface area contributed by atoms with Crippen LogP contribution in [0.25, 0.3) is 0 Å². The summed E-state index contributed by atoms with van der Waals surface area (Å²) >= 11 is 0. The van der Waals surface area contributed by atoms with E-state index in [9.17, 15) is 0 Å². The van der Waals surface area contributed by atoms with Crippen LogP contribution in [0.15, 0.2) is 0 Å². The Hall–Kier alpha value is -0.120. The molecular weight excluding hydrogens is 130 g/mol. The van der Waals surface area contributed by atoms with E-state index >= 15 is 0 Å². The SMILES string of the molecule is [CH2-]N1C2COCC1COC2. The Morgan fingerprint density at radius 2 is 1.40 bits per heavy atom. The van der Waals surface area contributed by atoms with E-state index in [4.69, 9.17) is 9.47 Å². The van der Waals surface area contributed by atoms with Crippen LogP contribution in [-0.4, -0.2) is 43.4 Å².